The molecule has 0 bridgehead atoms. The fourth-order valence-corrected chi connectivity index (χ4v) is 2.94. The summed E-state index contributed by atoms with van der Waals surface area (Å²) in [7, 11) is 0. The van der Waals surface area contributed by atoms with Gasteiger partial charge in [-0.15, -0.1) is 0 Å². The van der Waals surface area contributed by atoms with Crippen molar-refractivity contribution in [2.75, 3.05) is 26.4 Å². The molecule has 1 rings (SSSR count). The van der Waals surface area contributed by atoms with Crippen molar-refractivity contribution in [2.24, 2.45) is 11.8 Å². The minimum atomic E-state index is 0.00510. The number of carbonyl (C=O) groups is 2. The Morgan fingerprint density at radius 3 is 2.25 bits per heavy atom. The van der Waals surface area contributed by atoms with Gasteiger partial charge in [0.25, 0.3) is 0 Å². The average molecular weight is 341 g/mol. The lowest BCUT2D eigenvalue weighted by molar-refractivity contribution is -0.121. The van der Waals surface area contributed by atoms with Crippen LogP contribution >= 0.6 is 0 Å². The van der Waals surface area contributed by atoms with Crippen LogP contribution in [0.3, 0.4) is 0 Å². The topological polar surface area (TPSA) is 64.6 Å². The van der Waals surface area contributed by atoms with Crippen LogP contribution in [0.25, 0.3) is 0 Å². The summed E-state index contributed by atoms with van der Waals surface area (Å²) in [4.78, 5) is 22.3. The molecule has 1 N–H and O–H groups in total. The first kappa shape index (κ1) is 21.1. The highest BCUT2D eigenvalue weighted by Crippen LogP contribution is 2.29. The van der Waals surface area contributed by atoms with Crippen LogP contribution < -0.4 is 5.32 Å². The van der Waals surface area contributed by atoms with Crippen molar-refractivity contribution >= 4 is 11.7 Å². The van der Waals surface area contributed by atoms with Crippen LogP contribution in [0.4, 0.5) is 0 Å². The van der Waals surface area contributed by atoms with Crippen LogP contribution in [-0.2, 0) is 19.1 Å². The summed E-state index contributed by atoms with van der Waals surface area (Å²) >= 11 is 0. The lowest BCUT2D eigenvalue weighted by Crippen LogP contribution is -2.26. The molecule has 0 unspecified atom stereocenters. The van der Waals surface area contributed by atoms with Crippen LogP contribution in [-0.4, -0.2) is 44.2 Å². The van der Waals surface area contributed by atoms with Gasteiger partial charge in [-0.3, -0.25) is 9.59 Å². The van der Waals surface area contributed by atoms with Gasteiger partial charge in [0.05, 0.1) is 6.10 Å². The second-order valence-electron chi connectivity index (χ2n) is 7.25. The summed E-state index contributed by atoms with van der Waals surface area (Å²) in [5.41, 5.74) is 0. The third-order valence-corrected chi connectivity index (χ3v) is 4.48. The maximum absolute atomic E-state index is 11.5. The molecule has 0 aromatic rings. The summed E-state index contributed by atoms with van der Waals surface area (Å²) < 4.78 is 11.4. The summed E-state index contributed by atoms with van der Waals surface area (Å²) in [6.45, 7) is 8.49. The van der Waals surface area contributed by atoms with Crippen molar-refractivity contribution in [1.29, 1.82) is 0 Å². The Kier molecular flexibility index (Phi) is 10.9. The van der Waals surface area contributed by atoms with Crippen molar-refractivity contribution in [3.05, 3.63) is 0 Å². The molecular weight excluding hydrogens is 306 g/mol. The van der Waals surface area contributed by atoms with E-state index in [-0.39, 0.29) is 11.7 Å². The average Bonchev–Trinajstić information content (AvgIpc) is 2.53. The van der Waals surface area contributed by atoms with E-state index in [1.165, 1.54) is 32.6 Å². The summed E-state index contributed by atoms with van der Waals surface area (Å²) in [5, 5.41) is 2.75. The van der Waals surface area contributed by atoms with Crippen molar-refractivity contribution in [2.45, 2.75) is 71.8 Å². The zero-order valence-electron chi connectivity index (χ0n) is 15.6. The number of hydrogen-bond donors (Lipinski definition) is 1. The lowest BCUT2D eigenvalue weighted by atomic mass is 9.83. The Bertz CT molecular complexity index is 362. The van der Waals surface area contributed by atoms with Crippen molar-refractivity contribution in [3.8, 4) is 0 Å². The quantitative estimate of drug-likeness (QED) is 0.554. The van der Waals surface area contributed by atoms with Crippen LogP contribution in [0.15, 0.2) is 0 Å². The van der Waals surface area contributed by atoms with E-state index in [9.17, 15) is 9.59 Å². The molecule has 140 valence electrons. The van der Waals surface area contributed by atoms with Gasteiger partial charge in [-0.2, -0.15) is 0 Å². The number of amides is 1. The molecule has 1 fully saturated rings. The van der Waals surface area contributed by atoms with E-state index in [0.717, 1.165) is 19.6 Å². The van der Waals surface area contributed by atoms with E-state index in [0.29, 0.717) is 43.9 Å². The van der Waals surface area contributed by atoms with E-state index in [2.05, 4.69) is 19.2 Å². The van der Waals surface area contributed by atoms with Crippen molar-refractivity contribution in [3.63, 3.8) is 0 Å². The SMILES string of the molecule is CC(=O)CCNC(=O)CCCOC[C@H]1CC[C@@H](COC(C)C)CC1. The molecule has 1 saturated carbocycles. The Hall–Kier alpha value is -0.940. The Morgan fingerprint density at radius 1 is 1.04 bits per heavy atom. The number of nitrogens with one attached hydrogen (secondary N) is 1. The van der Waals surface area contributed by atoms with Crippen LogP contribution in [0.5, 0.6) is 0 Å². The first-order valence-electron chi connectivity index (χ1n) is 9.42. The van der Waals surface area contributed by atoms with Gasteiger partial charge in [0.1, 0.15) is 5.78 Å². The highest BCUT2D eigenvalue weighted by atomic mass is 16.5. The molecule has 1 aliphatic rings. The first-order valence-corrected chi connectivity index (χ1v) is 9.42. The highest BCUT2D eigenvalue weighted by Gasteiger charge is 2.21. The van der Waals surface area contributed by atoms with Gasteiger partial charge in [0.2, 0.25) is 5.91 Å². The minimum Gasteiger partial charge on any atom is -0.381 e. The second kappa shape index (κ2) is 12.4. The van der Waals surface area contributed by atoms with Crippen molar-refractivity contribution in [1.82, 2.24) is 5.32 Å². The molecule has 0 radical (unpaired) electrons. The summed E-state index contributed by atoms with van der Waals surface area (Å²) in [5.74, 6) is 1.47. The molecule has 24 heavy (non-hydrogen) atoms. The largest absolute Gasteiger partial charge is 0.381 e. The van der Waals surface area contributed by atoms with E-state index < -0.39 is 0 Å². The Labute approximate surface area is 146 Å². The first-order chi connectivity index (χ1) is 11.5. The zero-order chi connectivity index (χ0) is 17.8. The molecule has 5 heteroatoms. The lowest BCUT2D eigenvalue weighted by Gasteiger charge is -2.28. The standard InChI is InChI=1S/C19H35NO4/c1-15(2)24-14-18-8-6-17(7-9-18)13-23-12-4-5-19(22)20-11-10-16(3)21/h15,17-18H,4-14H2,1-3H3,(H,20,22)/t17-,18+. The van der Waals surface area contributed by atoms with Crippen LogP contribution in [0.2, 0.25) is 0 Å². The number of rotatable bonds is 12. The molecular formula is C19H35NO4. The number of hydrogen-bond acceptors (Lipinski definition) is 4. The van der Waals surface area contributed by atoms with E-state index in [1.54, 1.807) is 0 Å². The predicted molar refractivity (Wildman–Crippen MR) is 94.9 cm³/mol. The molecule has 0 aromatic carbocycles. The van der Waals surface area contributed by atoms with E-state index in [4.69, 9.17) is 9.47 Å². The number of ketones is 1. The molecule has 0 heterocycles. The zero-order valence-corrected chi connectivity index (χ0v) is 15.6. The van der Waals surface area contributed by atoms with Crippen LogP contribution in [0.1, 0.15) is 65.7 Å². The number of Topliss-reactive ketones (excluding diaryl/α,β-unsaturated/α-hetero) is 1. The Balaban J connectivity index is 1.95. The second-order valence-corrected chi connectivity index (χ2v) is 7.25. The van der Waals surface area contributed by atoms with E-state index >= 15 is 0 Å². The van der Waals surface area contributed by atoms with Gasteiger partial charge >= 0.3 is 0 Å². The maximum Gasteiger partial charge on any atom is 0.220 e. The van der Waals surface area contributed by atoms with Crippen molar-refractivity contribution < 1.29 is 19.1 Å². The predicted octanol–water partition coefficient (Wildman–Crippen LogP) is 3.11. The van der Waals surface area contributed by atoms with Gasteiger partial charge in [0, 0.05) is 39.2 Å². The molecule has 5 nitrogen and oxygen atoms in total. The number of ether oxygens (including phenoxy) is 2. The monoisotopic (exact) mass is 341 g/mol. The van der Waals surface area contributed by atoms with Gasteiger partial charge in [-0.05, 0) is 64.7 Å². The van der Waals surface area contributed by atoms with E-state index in [1.807, 2.05) is 0 Å². The molecule has 1 amide bonds. The van der Waals surface area contributed by atoms with Crippen LogP contribution in [0, 0.1) is 11.8 Å². The van der Waals surface area contributed by atoms with Gasteiger partial charge in [-0.25, -0.2) is 0 Å². The van der Waals surface area contributed by atoms with Gasteiger partial charge < -0.3 is 14.8 Å². The summed E-state index contributed by atoms with van der Waals surface area (Å²) in [6.07, 6.45) is 6.85. The smallest absolute Gasteiger partial charge is 0.220 e. The molecule has 1 aliphatic carbocycles. The van der Waals surface area contributed by atoms with Gasteiger partial charge in [0.15, 0.2) is 0 Å². The molecule has 0 saturated heterocycles. The normalized spacial score (nSPS) is 21.0. The Morgan fingerprint density at radius 2 is 1.67 bits per heavy atom. The number of carbonyl (C=O) groups excluding carboxylic acids is 2. The third kappa shape index (κ3) is 10.8. The molecule has 0 spiro atoms. The highest BCUT2D eigenvalue weighted by molar-refractivity contribution is 5.78. The molecule has 0 aromatic heterocycles. The third-order valence-electron chi connectivity index (χ3n) is 4.48. The minimum absolute atomic E-state index is 0.00510. The fourth-order valence-electron chi connectivity index (χ4n) is 2.94. The summed E-state index contributed by atoms with van der Waals surface area (Å²) in [6, 6.07) is 0. The fraction of sp³-hybridized carbons (Fsp3) is 0.895. The molecule has 0 atom stereocenters. The maximum atomic E-state index is 11.5. The van der Waals surface area contributed by atoms with Gasteiger partial charge in [-0.1, -0.05) is 0 Å². The molecule has 0 aliphatic heterocycles.